The number of nitrogens with one attached hydrogen (secondary N) is 2. The lowest BCUT2D eigenvalue weighted by molar-refractivity contribution is 0.122. The fraction of sp³-hybridized carbons (Fsp3) is 0.429. The number of hydrogen-bond acceptors (Lipinski definition) is 4. The highest BCUT2D eigenvalue weighted by Gasteiger charge is 2.16. The molecule has 1 aliphatic heterocycles. The van der Waals surface area contributed by atoms with Crippen LogP contribution in [0.3, 0.4) is 0 Å². The first-order chi connectivity index (χ1) is 13.6. The van der Waals surface area contributed by atoms with Crippen molar-refractivity contribution >= 4 is 11.8 Å². The van der Waals surface area contributed by atoms with Gasteiger partial charge in [0.1, 0.15) is 11.6 Å². The number of ether oxygens (including phenoxy) is 1. The Hall–Kier alpha value is -2.67. The lowest BCUT2D eigenvalue weighted by Crippen LogP contribution is -2.40. The predicted molar refractivity (Wildman–Crippen MR) is 110 cm³/mol. The van der Waals surface area contributed by atoms with Crippen molar-refractivity contribution in [3.8, 4) is 0 Å². The Balaban J connectivity index is 1.63. The number of hydrogen-bond donors (Lipinski definition) is 2. The van der Waals surface area contributed by atoms with Gasteiger partial charge in [-0.3, -0.25) is 4.99 Å². The number of aryl methyl sites for hydroxylation is 1. The van der Waals surface area contributed by atoms with Gasteiger partial charge in [-0.15, -0.1) is 0 Å². The van der Waals surface area contributed by atoms with E-state index in [2.05, 4.69) is 31.6 Å². The molecule has 1 aliphatic rings. The van der Waals surface area contributed by atoms with E-state index >= 15 is 0 Å². The Morgan fingerprint density at radius 3 is 2.82 bits per heavy atom. The molecule has 7 heteroatoms. The van der Waals surface area contributed by atoms with Crippen LogP contribution >= 0.6 is 0 Å². The summed E-state index contributed by atoms with van der Waals surface area (Å²) in [5, 5.41) is 6.66. The molecule has 1 aromatic carbocycles. The number of anilines is 1. The third kappa shape index (κ3) is 4.98. The molecule has 1 saturated heterocycles. The van der Waals surface area contributed by atoms with Crippen molar-refractivity contribution in [3.05, 3.63) is 59.0 Å². The lowest BCUT2D eigenvalue weighted by atomic mass is 10.1. The van der Waals surface area contributed by atoms with E-state index in [-0.39, 0.29) is 11.9 Å². The number of pyridine rings is 1. The van der Waals surface area contributed by atoms with Crippen molar-refractivity contribution in [3.63, 3.8) is 0 Å². The highest BCUT2D eigenvalue weighted by molar-refractivity contribution is 5.80. The van der Waals surface area contributed by atoms with Gasteiger partial charge in [0, 0.05) is 38.4 Å². The molecule has 3 rings (SSSR count). The molecule has 6 nitrogen and oxygen atoms in total. The minimum absolute atomic E-state index is 0.0751. The van der Waals surface area contributed by atoms with Crippen LogP contribution in [0.15, 0.2) is 41.5 Å². The number of morpholine rings is 1. The van der Waals surface area contributed by atoms with Crippen LogP contribution in [-0.2, 0) is 11.3 Å². The summed E-state index contributed by atoms with van der Waals surface area (Å²) in [6, 6.07) is 9.22. The molecule has 0 radical (unpaired) electrons. The maximum Gasteiger partial charge on any atom is 0.191 e. The highest BCUT2D eigenvalue weighted by Crippen LogP contribution is 2.19. The molecule has 2 aromatic rings. The van der Waals surface area contributed by atoms with Crippen LogP contribution in [0.25, 0.3) is 0 Å². The van der Waals surface area contributed by atoms with Crippen molar-refractivity contribution in [1.82, 2.24) is 15.6 Å². The lowest BCUT2D eigenvalue weighted by Gasteiger charge is -2.29. The second kappa shape index (κ2) is 9.50. The zero-order valence-electron chi connectivity index (χ0n) is 16.7. The van der Waals surface area contributed by atoms with Crippen molar-refractivity contribution in [2.45, 2.75) is 26.4 Å². The minimum atomic E-state index is -0.195. The molecule has 1 unspecified atom stereocenters. The molecule has 28 heavy (non-hydrogen) atoms. The van der Waals surface area contributed by atoms with Gasteiger partial charge in [-0.2, -0.15) is 0 Å². The zero-order chi connectivity index (χ0) is 19.9. The fourth-order valence-electron chi connectivity index (χ4n) is 3.17. The van der Waals surface area contributed by atoms with E-state index in [1.165, 1.54) is 0 Å². The molecule has 0 aliphatic carbocycles. The second-order valence-electron chi connectivity index (χ2n) is 6.89. The van der Waals surface area contributed by atoms with Crippen molar-refractivity contribution < 1.29 is 9.13 Å². The third-order valence-corrected chi connectivity index (χ3v) is 4.90. The Kier molecular flexibility index (Phi) is 6.81. The van der Waals surface area contributed by atoms with E-state index in [1.807, 2.05) is 25.3 Å². The zero-order valence-corrected chi connectivity index (χ0v) is 16.7. The van der Waals surface area contributed by atoms with Crippen LogP contribution < -0.4 is 15.5 Å². The van der Waals surface area contributed by atoms with Gasteiger partial charge >= 0.3 is 0 Å². The molecule has 0 bridgehead atoms. The van der Waals surface area contributed by atoms with E-state index in [0.717, 1.165) is 43.2 Å². The van der Waals surface area contributed by atoms with Crippen LogP contribution in [0.4, 0.5) is 10.2 Å². The summed E-state index contributed by atoms with van der Waals surface area (Å²) in [4.78, 5) is 11.1. The number of aromatic nitrogens is 1. The SMILES string of the molecule is CN=C(NCc1cccnc1N1CCOCC1)NC(C)c1ccc(C)c(F)c1. The van der Waals surface area contributed by atoms with E-state index in [4.69, 9.17) is 4.74 Å². The molecule has 1 atom stereocenters. The monoisotopic (exact) mass is 385 g/mol. The molecule has 1 fully saturated rings. The van der Waals surface area contributed by atoms with Crippen LogP contribution in [0, 0.1) is 12.7 Å². The smallest absolute Gasteiger partial charge is 0.191 e. The van der Waals surface area contributed by atoms with E-state index in [9.17, 15) is 4.39 Å². The third-order valence-electron chi connectivity index (χ3n) is 4.90. The van der Waals surface area contributed by atoms with E-state index < -0.39 is 0 Å². The summed E-state index contributed by atoms with van der Waals surface area (Å²) < 4.78 is 19.3. The average Bonchev–Trinajstić information content (AvgIpc) is 2.73. The molecular weight excluding hydrogens is 357 g/mol. The normalized spacial score (nSPS) is 16.0. The molecular formula is C21H28FN5O. The predicted octanol–water partition coefficient (Wildman–Crippen LogP) is 2.79. The quantitative estimate of drug-likeness (QED) is 0.612. The first-order valence-electron chi connectivity index (χ1n) is 9.58. The van der Waals surface area contributed by atoms with Gasteiger partial charge in [-0.25, -0.2) is 9.37 Å². The number of guanidine groups is 1. The largest absolute Gasteiger partial charge is 0.378 e. The van der Waals surface area contributed by atoms with Crippen LogP contribution in [-0.4, -0.2) is 44.3 Å². The Labute approximate surface area is 165 Å². The van der Waals surface area contributed by atoms with Gasteiger partial charge in [0.15, 0.2) is 5.96 Å². The standard InChI is InChI=1S/C21H28FN5O/c1-15-6-7-17(13-19(15)22)16(2)26-21(23-3)25-14-18-5-4-8-24-20(18)27-9-11-28-12-10-27/h4-8,13,16H,9-12,14H2,1-3H3,(H2,23,25,26). The van der Waals surface area contributed by atoms with Crippen LogP contribution in [0.5, 0.6) is 0 Å². The average molecular weight is 385 g/mol. The number of nitrogens with zero attached hydrogens (tertiary/aromatic N) is 3. The summed E-state index contributed by atoms with van der Waals surface area (Å²) >= 11 is 0. The highest BCUT2D eigenvalue weighted by atomic mass is 19.1. The van der Waals surface area contributed by atoms with Gasteiger partial charge in [0.05, 0.1) is 19.3 Å². The van der Waals surface area contributed by atoms with Gasteiger partial charge in [-0.1, -0.05) is 18.2 Å². The first kappa shape index (κ1) is 20.1. The Morgan fingerprint density at radius 1 is 1.32 bits per heavy atom. The summed E-state index contributed by atoms with van der Waals surface area (Å²) in [7, 11) is 1.73. The van der Waals surface area contributed by atoms with Gasteiger partial charge in [0.2, 0.25) is 0 Å². The molecule has 2 N–H and O–H groups in total. The second-order valence-corrected chi connectivity index (χ2v) is 6.89. The van der Waals surface area contributed by atoms with Crippen molar-refractivity contribution in [2.75, 3.05) is 38.3 Å². The van der Waals surface area contributed by atoms with Crippen molar-refractivity contribution in [1.29, 1.82) is 0 Å². The maximum atomic E-state index is 13.9. The topological polar surface area (TPSA) is 61.8 Å². The number of halogens is 1. The summed E-state index contributed by atoms with van der Waals surface area (Å²) in [6.45, 7) is 7.46. The van der Waals surface area contributed by atoms with Gasteiger partial charge < -0.3 is 20.3 Å². The summed E-state index contributed by atoms with van der Waals surface area (Å²) in [5.74, 6) is 1.44. The summed E-state index contributed by atoms with van der Waals surface area (Å²) in [6.07, 6.45) is 1.81. The fourth-order valence-corrected chi connectivity index (χ4v) is 3.17. The number of rotatable bonds is 5. The number of benzene rings is 1. The maximum absolute atomic E-state index is 13.9. The minimum Gasteiger partial charge on any atom is -0.378 e. The molecule has 2 heterocycles. The molecule has 150 valence electrons. The summed E-state index contributed by atoms with van der Waals surface area (Å²) in [5.41, 5.74) is 2.62. The molecule has 0 spiro atoms. The Bertz CT molecular complexity index is 820. The van der Waals surface area contributed by atoms with Crippen LogP contribution in [0.2, 0.25) is 0 Å². The van der Waals surface area contributed by atoms with Crippen LogP contribution in [0.1, 0.15) is 29.7 Å². The molecule has 1 aromatic heterocycles. The van der Waals surface area contributed by atoms with Gasteiger partial charge in [-0.05, 0) is 37.1 Å². The molecule has 0 amide bonds. The Morgan fingerprint density at radius 2 is 2.11 bits per heavy atom. The molecule has 0 saturated carbocycles. The van der Waals surface area contributed by atoms with Gasteiger partial charge in [0.25, 0.3) is 0 Å². The first-order valence-corrected chi connectivity index (χ1v) is 9.58. The van der Waals surface area contributed by atoms with E-state index in [1.54, 1.807) is 26.1 Å². The van der Waals surface area contributed by atoms with E-state index in [0.29, 0.717) is 18.1 Å². The van der Waals surface area contributed by atoms with Crippen molar-refractivity contribution in [2.24, 2.45) is 4.99 Å². The number of aliphatic imine (C=N–C) groups is 1.